The summed E-state index contributed by atoms with van der Waals surface area (Å²) >= 11 is 0. The highest BCUT2D eigenvalue weighted by atomic mass is 16.7. The molecule has 0 radical (unpaired) electrons. The second-order valence-electron chi connectivity index (χ2n) is 6.64. The van der Waals surface area contributed by atoms with E-state index in [4.69, 9.17) is 24.5 Å². The van der Waals surface area contributed by atoms with Gasteiger partial charge in [0.25, 0.3) is 0 Å². The molecule has 0 saturated carbocycles. The second-order valence-corrected chi connectivity index (χ2v) is 6.64. The van der Waals surface area contributed by atoms with Gasteiger partial charge in [0.2, 0.25) is 0 Å². The standard InChI is InChI=1S/C21H21N3O6/c1-27-21(14-23-24-22)12-17(29-20(26)16-10-6-3-7-11-16)18(30-21)13-28-19(25)15-8-4-2-5-9-15/h2-11,17-18H,12-14H2,1H3/t17-,18+,21-/m0/s1. The Bertz CT molecular complexity index is 917. The lowest BCUT2D eigenvalue weighted by molar-refractivity contribution is -0.209. The maximum Gasteiger partial charge on any atom is 0.338 e. The zero-order valence-corrected chi connectivity index (χ0v) is 16.3. The van der Waals surface area contributed by atoms with Gasteiger partial charge in [0.05, 0.1) is 17.7 Å². The van der Waals surface area contributed by atoms with Crippen molar-refractivity contribution in [2.45, 2.75) is 24.4 Å². The van der Waals surface area contributed by atoms with Crippen LogP contribution in [0.5, 0.6) is 0 Å². The van der Waals surface area contributed by atoms with Gasteiger partial charge in [-0.3, -0.25) is 0 Å². The van der Waals surface area contributed by atoms with Crippen LogP contribution < -0.4 is 0 Å². The van der Waals surface area contributed by atoms with Crippen LogP contribution in [0.15, 0.2) is 65.8 Å². The second kappa shape index (κ2) is 9.89. The first-order valence-corrected chi connectivity index (χ1v) is 9.29. The van der Waals surface area contributed by atoms with E-state index in [2.05, 4.69) is 10.0 Å². The smallest absolute Gasteiger partial charge is 0.338 e. The third kappa shape index (κ3) is 5.15. The first-order chi connectivity index (χ1) is 14.6. The highest BCUT2D eigenvalue weighted by molar-refractivity contribution is 5.90. The Balaban J connectivity index is 1.73. The first kappa shape index (κ1) is 21.3. The lowest BCUT2D eigenvalue weighted by Gasteiger charge is -2.25. The minimum atomic E-state index is -1.28. The average molecular weight is 411 g/mol. The lowest BCUT2D eigenvalue weighted by Crippen LogP contribution is -2.35. The van der Waals surface area contributed by atoms with Crippen molar-refractivity contribution >= 4 is 11.9 Å². The number of rotatable bonds is 8. The molecule has 156 valence electrons. The zero-order valence-electron chi connectivity index (χ0n) is 16.3. The predicted octanol–water partition coefficient (Wildman–Crippen LogP) is 3.51. The number of hydrogen-bond donors (Lipinski definition) is 0. The number of azide groups is 1. The van der Waals surface area contributed by atoms with Gasteiger partial charge >= 0.3 is 11.9 Å². The highest BCUT2D eigenvalue weighted by Gasteiger charge is 2.49. The lowest BCUT2D eigenvalue weighted by atomic mass is 10.1. The Morgan fingerprint density at radius 3 is 2.27 bits per heavy atom. The maximum atomic E-state index is 12.5. The Morgan fingerprint density at radius 2 is 1.70 bits per heavy atom. The van der Waals surface area contributed by atoms with Crippen LogP contribution in [0.25, 0.3) is 10.4 Å². The number of benzene rings is 2. The van der Waals surface area contributed by atoms with Crippen molar-refractivity contribution in [2.75, 3.05) is 20.3 Å². The topological polar surface area (TPSA) is 120 Å². The van der Waals surface area contributed by atoms with E-state index in [1.54, 1.807) is 60.7 Å². The molecule has 3 rings (SSSR count). The van der Waals surface area contributed by atoms with Gasteiger partial charge in [0.1, 0.15) is 18.8 Å². The fraction of sp³-hybridized carbons (Fsp3) is 0.333. The quantitative estimate of drug-likeness (QED) is 0.284. The van der Waals surface area contributed by atoms with Crippen molar-refractivity contribution in [2.24, 2.45) is 5.11 Å². The van der Waals surface area contributed by atoms with E-state index in [9.17, 15) is 9.59 Å². The van der Waals surface area contributed by atoms with Crippen molar-refractivity contribution in [3.63, 3.8) is 0 Å². The number of methoxy groups -OCH3 is 1. The molecule has 9 heteroatoms. The maximum absolute atomic E-state index is 12.5. The fourth-order valence-corrected chi connectivity index (χ4v) is 3.13. The molecule has 0 spiro atoms. The normalized spacial score (nSPS) is 22.7. The molecule has 1 saturated heterocycles. The summed E-state index contributed by atoms with van der Waals surface area (Å²) in [5, 5.41) is 3.53. The molecule has 1 aliphatic heterocycles. The number of esters is 2. The van der Waals surface area contributed by atoms with Gasteiger partial charge in [-0.2, -0.15) is 0 Å². The van der Waals surface area contributed by atoms with Crippen LogP contribution in [0.2, 0.25) is 0 Å². The summed E-state index contributed by atoms with van der Waals surface area (Å²) < 4.78 is 22.3. The molecule has 30 heavy (non-hydrogen) atoms. The summed E-state index contributed by atoms with van der Waals surface area (Å²) in [6, 6.07) is 17.0. The monoisotopic (exact) mass is 411 g/mol. The number of carbonyl (C=O) groups is 2. The number of carbonyl (C=O) groups excluding carboxylic acids is 2. The van der Waals surface area contributed by atoms with Gasteiger partial charge in [-0.15, -0.1) is 0 Å². The summed E-state index contributed by atoms with van der Waals surface area (Å²) in [7, 11) is 1.40. The van der Waals surface area contributed by atoms with Gasteiger partial charge in [0.15, 0.2) is 5.79 Å². The molecular weight excluding hydrogens is 390 g/mol. The summed E-state index contributed by atoms with van der Waals surface area (Å²) in [6.07, 6.45) is -1.44. The first-order valence-electron chi connectivity index (χ1n) is 9.29. The third-order valence-electron chi connectivity index (χ3n) is 4.70. The Hall–Kier alpha value is -3.39. The van der Waals surface area contributed by atoms with E-state index in [0.29, 0.717) is 11.1 Å². The van der Waals surface area contributed by atoms with E-state index in [1.165, 1.54) is 7.11 Å². The minimum Gasteiger partial charge on any atom is -0.459 e. The van der Waals surface area contributed by atoms with Crippen molar-refractivity contribution in [1.82, 2.24) is 0 Å². The van der Waals surface area contributed by atoms with Crippen LogP contribution in [0, 0.1) is 0 Å². The van der Waals surface area contributed by atoms with Crippen molar-refractivity contribution in [3.05, 3.63) is 82.2 Å². The molecule has 9 nitrogen and oxygen atoms in total. The molecular formula is C21H21N3O6. The molecule has 2 aromatic rings. The average Bonchev–Trinajstić information content (AvgIpc) is 3.15. The predicted molar refractivity (Wildman–Crippen MR) is 106 cm³/mol. The highest BCUT2D eigenvalue weighted by Crippen LogP contribution is 2.34. The van der Waals surface area contributed by atoms with Gasteiger partial charge in [-0.25, -0.2) is 9.59 Å². The van der Waals surface area contributed by atoms with E-state index in [0.717, 1.165) is 0 Å². The van der Waals surface area contributed by atoms with E-state index >= 15 is 0 Å². The van der Waals surface area contributed by atoms with Crippen LogP contribution in [-0.2, 0) is 18.9 Å². The number of hydrogen-bond acceptors (Lipinski definition) is 7. The van der Waals surface area contributed by atoms with Crippen LogP contribution >= 0.6 is 0 Å². The number of ether oxygens (including phenoxy) is 4. The summed E-state index contributed by atoms with van der Waals surface area (Å²) in [6.45, 7) is -0.287. The Kier molecular flexibility index (Phi) is 7.03. The van der Waals surface area contributed by atoms with E-state index < -0.39 is 29.9 Å². The Labute approximate surface area is 173 Å². The van der Waals surface area contributed by atoms with Gasteiger partial charge in [-0.1, -0.05) is 41.5 Å². The van der Waals surface area contributed by atoms with Crippen molar-refractivity contribution in [1.29, 1.82) is 0 Å². The molecule has 3 atom stereocenters. The van der Waals surface area contributed by atoms with Crippen LogP contribution in [0.3, 0.4) is 0 Å². The van der Waals surface area contributed by atoms with Crippen LogP contribution in [-0.4, -0.2) is 50.2 Å². The third-order valence-corrected chi connectivity index (χ3v) is 4.70. The molecule has 1 heterocycles. The number of nitrogens with zero attached hydrogens (tertiary/aromatic N) is 3. The minimum absolute atomic E-state index is 0.120. The molecule has 0 amide bonds. The van der Waals surface area contributed by atoms with Crippen molar-refractivity contribution < 1.29 is 28.5 Å². The van der Waals surface area contributed by atoms with Gasteiger partial charge in [-0.05, 0) is 29.8 Å². The van der Waals surface area contributed by atoms with Crippen LogP contribution in [0.1, 0.15) is 27.1 Å². The van der Waals surface area contributed by atoms with Gasteiger partial charge in [0, 0.05) is 18.4 Å². The van der Waals surface area contributed by atoms with E-state index in [-0.39, 0.29) is 19.6 Å². The van der Waals surface area contributed by atoms with Gasteiger partial charge < -0.3 is 18.9 Å². The summed E-state index contributed by atoms with van der Waals surface area (Å²) in [5.41, 5.74) is 9.42. The molecule has 1 fully saturated rings. The molecule has 0 aromatic heterocycles. The van der Waals surface area contributed by atoms with Crippen molar-refractivity contribution in [3.8, 4) is 0 Å². The molecule has 1 aliphatic rings. The van der Waals surface area contributed by atoms with Crippen LogP contribution in [0.4, 0.5) is 0 Å². The largest absolute Gasteiger partial charge is 0.459 e. The fourth-order valence-electron chi connectivity index (χ4n) is 3.13. The molecule has 2 aromatic carbocycles. The summed E-state index contributed by atoms with van der Waals surface area (Å²) in [4.78, 5) is 27.5. The molecule has 0 aliphatic carbocycles. The Morgan fingerprint density at radius 1 is 1.10 bits per heavy atom. The molecule has 0 N–H and O–H groups in total. The molecule has 0 bridgehead atoms. The molecule has 0 unspecified atom stereocenters. The summed E-state index contributed by atoms with van der Waals surface area (Å²) in [5.74, 6) is -2.35. The SMILES string of the molecule is CO[C@@]1(CN=[N+]=[N-])C[C@H](OC(=O)c2ccccc2)[C@@H](COC(=O)c2ccccc2)O1. The zero-order chi connectivity index (χ0) is 21.4. The van der Waals surface area contributed by atoms with E-state index in [1.807, 2.05) is 0 Å².